The number of hydrogen-bond donors (Lipinski definition) is 0. The molecule has 210 valence electrons. The molecule has 0 radical (unpaired) electrons. The zero-order valence-corrected chi connectivity index (χ0v) is 24.4. The van der Waals surface area contributed by atoms with Crippen LogP contribution in [-0.2, 0) is 24.1 Å². The summed E-state index contributed by atoms with van der Waals surface area (Å²) >= 11 is 0. The van der Waals surface area contributed by atoms with Crippen molar-refractivity contribution < 1.29 is 19.0 Å². The lowest BCUT2D eigenvalue weighted by molar-refractivity contribution is -0.131. The number of fused-ring (bicyclic) bond motifs is 2. The van der Waals surface area contributed by atoms with Crippen LogP contribution in [0.5, 0.6) is 17.2 Å². The maximum absolute atomic E-state index is 13.2. The van der Waals surface area contributed by atoms with Crippen LogP contribution in [0.15, 0.2) is 42.5 Å². The highest BCUT2D eigenvalue weighted by atomic mass is 35.5. The van der Waals surface area contributed by atoms with E-state index in [0.29, 0.717) is 18.1 Å². The van der Waals surface area contributed by atoms with Crippen molar-refractivity contribution in [3.63, 3.8) is 0 Å². The van der Waals surface area contributed by atoms with Crippen molar-refractivity contribution >= 4 is 29.1 Å². The molecule has 3 aromatic carbocycles. The van der Waals surface area contributed by atoms with E-state index < -0.39 is 0 Å². The van der Waals surface area contributed by atoms with Gasteiger partial charge in [-0.15, -0.1) is 12.4 Å². The molecule has 0 N–H and O–H groups in total. The number of amides is 1. The quantitative estimate of drug-likeness (QED) is 0.370. The van der Waals surface area contributed by atoms with Gasteiger partial charge in [0, 0.05) is 26.2 Å². The van der Waals surface area contributed by atoms with E-state index in [1.807, 2.05) is 12.1 Å². The molecule has 1 fully saturated rings. The zero-order chi connectivity index (χ0) is 26.6. The summed E-state index contributed by atoms with van der Waals surface area (Å²) in [6.07, 6.45) is 4.70. The van der Waals surface area contributed by atoms with Crippen LogP contribution in [-0.4, -0.2) is 69.8 Å². The van der Waals surface area contributed by atoms with E-state index >= 15 is 0 Å². The van der Waals surface area contributed by atoms with Gasteiger partial charge in [-0.3, -0.25) is 4.79 Å². The second-order valence-electron chi connectivity index (χ2n) is 10.7. The molecule has 0 aromatic heterocycles. The minimum absolute atomic E-state index is 0. The minimum Gasteiger partial charge on any atom is -0.496 e. The summed E-state index contributed by atoms with van der Waals surface area (Å²) < 4.78 is 16.4. The van der Waals surface area contributed by atoms with Crippen LogP contribution >= 0.6 is 12.4 Å². The molecule has 1 saturated heterocycles. The van der Waals surface area contributed by atoms with E-state index in [0.717, 1.165) is 62.6 Å². The first-order chi connectivity index (χ1) is 18.5. The average Bonchev–Trinajstić information content (AvgIpc) is 3.09. The van der Waals surface area contributed by atoms with E-state index in [1.54, 1.807) is 21.3 Å². The van der Waals surface area contributed by atoms with Gasteiger partial charge in [0.1, 0.15) is 5.75 Å². The SMILES string of the molecule is COc1cc2c(cc1OC)CC(=O)N(CC1CCCN(CCc3ccc4c(C)c(OC)ccc4c3)C1)CC2.Cl. The molecule has 1 atom stereocenters. The number of ether oxygens (including phenoxy) is 3. The maximum atomic E-state index is 13.2. The van der Waals surface area contributed by atoms with E-state index in [2.05, 4.69) is 47.1 Å². The molecule has 1 amide bonds. The summed E-state index contributed by atoms with van der Waals surface area (Å²) in [6, 6.07) is 15.0. The summed E-state index contributed by atoms with van der Waals surface area (Å²) in [4.78, 5) is 17.9. The predicted molar refractivity (Wildman–Crippen MR) is 159 cm³/mol. The minimum atomic E-state index is 0. The lowest BCUT2D eigenvalue weighted by atomic mass is 9.96. The van der Waals surface area contributed by atoms with Crippen molar-refractivity contribution in [3.05, 3.63) is 64.7 Å². The Morgan fingerprint density at radius 1 is 0.897 bits per heavy atom. The van der Waals surface area contributed by atoms with Crippen LogP contribution in [0.2, 0.25) is 0 Å². The van der Waals surface area contributed by atoms with Crippen LogP contribution in [0.25, 0.3) is 10.8 Å². The lowest BCUT2D eigenvalue weighted by Crippen LogP contribution is -2.44. The second-order valence-corrected chi connectivity index (χ2v) is 10.7. The number of carbonyl (C=O) groups is 1. The van der Waals surface area contributed by atoms with E-state index in [1.165, 1.54) is 40.3 Å². The molecule has 1 unspecified atom stereocenters. The van der Waals surface area contributed by atoms with Crippen molar-refractivity contribution in [2.75, 3.05) is 54.1 Å². The molecule has 7 heteroatoms. The van der Waals surface area contributed by atoms with Gasteiger partial charge in [0.15, 0.2) is 11.5 Å². The number of carbonyl (C=O) groups excluding carboxylic acids is 1. The van der Waals surface area contributed by atoms with Gasteiger partial charge in [0.25, 0.3) is 0 Å². The molecule has 5 rings (SSSR count). The first-order valence-corrected chi connectivity index (χ1v) is 13.8. The molecular weight excluding hydrogens is 512 g/mol. The number of hydrogen-bond acceptors (Lipinski definition) is 5. The zero-order valence-electron chi connectivity index (χ0n) is 23.6. The summed E-state index contributed by atoms with van der Waals surface area (Å²) in [5.41, 5.74) is 4.81. The Morgan fingerprint density at radius 3 is 2.38 bits per heavy atom. The molecule has 2 aliphatic rings. The van der Waals surface area contributed by atoms with Crippen molar-refractivity contribution in [2.45, 2.75) is 39.0 Å². The van der Waals surface area contributed by atoms with Crippen LogP contribution < -0.4 is 14.2 Å². The largest absolute Gasteiger partial charge is 0.496 e. The number of aryl methyl sites for hydroxylation is 1. The van der Waals surface area contributed by atoms with Crippen LogP contribution in [0.1, 0.15) is 35.1 Å². The Labute approximate surface area is 238 Å². The summed E-state index contributed by atoms with van der Waals surface area (Å²) in [6.45, 7) is 6.97. The Bertz CT molecular complexity index is 1310. The Morgan fingerprint density at radius 2 is 1.64 bits per heavy atom. The summed E-state index contributed by atoms with van der Waals surface area (Å²) in [7, 11) is 5.03. The van der Waals surface area contributed by atoms with E-state index in [-0.39, 0.29) is 18.3 Å². The molecule has 3 aromatic rings. The molecule has 0 bridgehead atoms. The van der Waals surface area contributed by atoms with Gasteiger partial charge < -0.3 is 24.0 Å². The molecule has 39 heavy (non-hydrogen) atoms. The molecule has 2 heterocycles. The number of likely N-dealkylation sites (tertiary alicyclic amines) is 1. The van der Waals surface area contributed by atoms with Gasteiger partial charge >= 0.3 is 0 Å². The van der Waals surface area contributed by atoms with Crippen molar-refractivity contribution in [1.29, 1.82) is 0 Å². The molecule has 6 nitrogen and oxygen atoms in total. The number of nitrogens with zero attached hydrogens (tertiary/aromatic N) is 2. The van der Waals surface area contributed by atoms with E-state index in [4.69, 9.17) is 14.2 Å². The highest BCUT2D eigenvalue weighted by Gasteiger charge is 2.27. The van der Waals surface area contributed by atoms with E-state index in [9.17, 15) is 4.79 Å². The fourth-order valence-electron chi connectivity index (χ4n) is 6.20. The van der Waals surface area contributed by atoms with Crippen molar-refractivity contribution in [1.82, 2.24) is 9.80 Å². The van der Waals surface area contributed by atoms with Gasteiger partial charge in [0.2, 0.25) is 5.91 Å². The number of benzene rings is 3. The Hall–Kier alpha value is -2.96. The first-order valence-electron chi connectivity index (χ1n) is 13.8. The smallest absolute Gasteiger partial charge is 0.227 e. The lowest BCUT2D eigenvalue weighted by Gasteiger charge is -2.35. The standard InChI is InChI=1S/C32H40N2O4.ClH/c1-22-28-9-7-23(16-26(28)8-10-29(22)36-2)11-14-33-13-5-6-24(20-33)21-34-15-12-25-17-30(37-3)31(38-4)18-27(25)19-32(34)35;/h7-10,16-18,24H,5-6,11-15,19-21H2,1-4H3;1H. The molecular formula is C32H41ClN2O4. The van der Waals surface area contributed by atoms with Gasteiger partial charge in [-0.2, -0.15) is 0 Å². The third-order valence-electron chi connectivity index (χ3n) is 8.37. The maximum Gasteiger partial charge on any atom is 0.227 e. The number of halogens is 1. The van der Waals surface area contributed by atoms with Crippen molar-refractivity contribution in [3.8, 4) is 17.2 Å². The monoisotopic (exact) mass is 552 g/mol. The van der Waals surface area contributed by atoms with Gasteiger partial charge in [-0.05, 0) is 96.3 Å². The summed E-state index contributed by atoms with van der Waals surface area (Å²) in [5, 5.41) is 2.53. The Balaban J connectivity index is 0.00000353. The fraction of sp³-hybridized carbons (Fsp3) is 0.469. The Kier molecular flexibility index (Phi) is 9.62. The van der Waals surface area contributed by atoms with Gasteiger partial charge in [0.05, 0.1) is 27.8 Å². The fourth-order valence-corrected chi connectivity index (χ4v) is 6.20. The van der Waals surface area contributed by atoms with Crippen LogP contribution in [0.3, 0.4) is 0 Å². The first kappa shape index (κ1) is 29.0. The third-order valence-corrected chi connectivity index (χ3v) is 8.37. The normalized spacial score (nSPS) is 17.8. The highest BCUT2D eigenvalue weighted by molar-refractivity contribution is 5.88. The topological polar surface area (TPSA) is 51.2 Å². The predicted octanol–water partition coefficient (Wildman–Crippen LogP) is 5.48. The van der Waals surface area contributed by atoms with Crippen molar-refractivity contribution in [2.24, 2.45) is 5.92 Å². The van der Waals surface area contributed by atoms with Crippen LogP contribution in [0, 0.1) is 12.8 Å². The number of rotatable bonds is 8. The molecule has 0 spiro atoms. The van der Waals surface area contributed by atoms with Crippen LogP contribution in [0.4, 0.5) is 0 Å². The second kappa shape index (κ2) is 12.9. The number of methoxy groups -OCH3 is 3. The highest BCUT2D eigenvalue weighted by Crippen LogP contribution is 2.33. The average molecular weight is 553 g/mol. The van der Waals surface area contributed by atoms with Gasteiger partial charge in [-0.25, -0.2) is 0 Å². The molecule has 0 saturated carbocycles. The number of piperidine rings is 1. The third kappa shape index (κ3) is 6.44. The summed E-state index contributed by atoms with van der Waals surface area (Å²) in [5.74, 6) is 3.10. The van der Waals surface area contributed by atoms with Gasteiger partial charge in [-0.1, -0.05) is 24.3 Å². The molecule has 2 aliphatic heterocycles. The molecule has 0 aliphatic carbocycles.